The summed E-state index contributed by atoms with van der Waals surface area (Å²) >= 11 is 6.36. The first-order valence-corrected chi connectivity index (χ1v) is 8.19. The molecule has 0 spiro atoms. The van der Waals surface area contributed by atoms with Crippen molar-refractivity contribution >= 4 is 47.6 Å². The number of sulfonamides is 1. The van der Waals surface area contributed by atoms with Crippen LogP contribution in [-0.4, -0.2) is 8.42 Å². The predicted molar refractivity (Wildman–Crippen MR) is 79.1 cm³/mol. The first-order valence-electron chi connectivity index (χ1n) is 5.12. The van der Waals surface area contributed by atoms with E-state index < -0.39 is 15.8 Å². The number of rotatable bonds is 3. The summed E-state index contributed by atoms with van der Waals surface area (Å²) in [5, 5.41) is 0. The number of hydrogen-bond acceptors (Lipinski definition) is 2. The SMILES string of the molecule is O=S(=O)(Nc1cc(Br)ccc1F)c1cccc(Br)c1. The zero-order valence-corrected chi connectivity index (χ0v) is 13.4. The van der Waals surface area contributed by atoms with Crippen molar-refractivity contribution in [3.8, 4) is 0 Å². The molecule has 0 heterocycles. The minimum atomic E-state index is -3.82. The summed E-state index contributed by atoms with van der Waals surface area (Å²) in [6.45, 7) is 0. The lowest BCUT2D eigenvalue weighted by molar-refractivity contribution is 0.598. The zero-order chi connectivity index (χ0) is 14.0. The molecule has 7 heteroatoms. The molecule has 0 bridgehead atoms. The van der Waals surface area contributed by atoms with Crippen molar-refractivity contribution in [3.63, 3.8) is 0 Å². The highest BCUT2D eigenvalue weighted by Gasteiger charge is 2.16. The smallest absolute Gasteiger partial charge is 0.262 e. The maximum atomic E-state index is 13.5. The molecule has 0 aliphatic rings. The summed E-state index contributed by atoms with van der Waals surface area (Å²) in [6.07, 6.45) is 0. The molecular weight excluding hydrogens is 401 g/mol. The fourth-order valence-electron chi connectivity index (χ4n) is 1.41. The molecule has 0 atom stereocenters. The van der Waals surface area contributed by atoms with Gasteiger partial charge >= 0.3 is 0 Å². The first kappa shape index (κ1) is 14.5. The van der Waals surface area contributed by atoms with Crippen LogP contribution < -0.4 is 4.72 Å². The van der Waals surface area contributed by atoms with Crippen molar-refractivity contribution in [3.05, 3.63) is 57.2 Å². The fraction of sp³-hybridized carbons (Fsp3) is 0. The standard InChI is InChI=1S/C12H8Br2FNO2S/c13-8-2-1-3-10(6-8)19(17,18)16-12-7-9(14)4-5-11(12)15/h1-7,16H. The Morgan fingerprint density at radius 3 is 2.37 bits per heavy atom. The Bertz CT molecular complexity index is 719. The van der Waals surface area contributed by atoms with E-state index in [1.807, 2.05) is 0 Å². The topological polar surface area (TPSA) is 46.2 Å². The summed E-state index contributed by atoms with van der Waals surface area (Å²) in [7, 11) is -3.82. The van der Waals surface area contributed by atoms with Gasteiger partial charge in [-0.1, -0.05) is 37.9 Å². The molecule has 100 valence electrons. The molecule has 0 unspecified atom stereocenters. The lowest BCUT2D eigenvalue weighted by Crippen LogP contribution is -2.13. The maximum absolute atomic E-state index is 13.5. The van der Waals surface area contributed by atoms with Gasteiger partial charge in [-0.3, -0.25) is 4.72 Å². The largest absolute Gasteiger partial charge is 0.277 e. The van der Waals surface area contributed by atoms with Crippen LogP contribution in [0.25, 0.3) is 0 Å². The van der Waals surface area contributed by atoms with Gasteiger partial charge in [0.2, 0.25) is 0 Å². The number of halogens is 3. The second-order valence-corrected chi connectivity index (χ2v) is 7.20. The quantitative estimate of drug-likeness (QED) is 0.828. The minimum absolute atomic E-state index is 0.0567. The van der Waals surface area contributed by atoms with E-state index in [1.54, 1.807) is 12.1 Å². The van der Waals surface area contributed by atoms with Gasteiger partial charge in [0.25, 0.3) is 10.0 Å². The Kier molecular flexibility index (Phi) is 4.27. The molecule has 19 heavy (non-hydrogen) atoms. The summed E-state index contributed by atoms with van der Waals surface area (Å²) < 4.78 is 41.2. The van der Waals surface area contributed by atoms with E-state index in [4.69, 9.17) is 0 Å². The lowest BCUT2D eigenvalue weighted by Gasteiger charge is -2.09. The molecule has 2 rings (SSSR count). The van der Waals surface area contributed by atoms with Gasteiger partial charge in [0.1, 0.15) is 5.82 Å². The van der Waals surface area contributed by atoms with Crippen LogP contribution in [0.1, 0.15) is 0 Å². The van der Waals surface area contributed by atoms with Crippen LogP contribution >= 0.6 is 31.9 Å². The molecule has 3 nitrogen and oxygen atoms in total. The number of hydrogen-bond donors (Lipinski definition) is 1. The number of anilines is 1. The molecule has 0 saturated heterocycles. The third-order valence-corrected chi connectivity index (χ3v) is 4.63. The number of benzene rings is 2. The lowest BCUT2D eigenvalue weighted by atomic mass is 10.3. The molecule has 1 N–H and O–H groups in total. The Hall–Kier alpha value is -0.920. The molecule has 2 aromatic rings. The first-order chi connectivity index (χ1) is 8.88. The maximum Gasteiger partial charge on any atom is 0.262 e. The summed E-state index contributed by atoms with van der Waals surface area (Å²) in [6, 6.07) is 10.2. The molecule has 0 aliphatic heterocycles. The van der Waals surface area contributed by atoms with Gasteiger partial charge < -0.3 is 0 Å². The minimum Gasteiger partial charge on any atom is -0.277 e. The highest BCUT2D eigenvalue weighted by Crippen LogP contribution is 2.24. The molecule has 0 radical (unpaired) electrons. The summed E-state index contributed by atoms with van der Waals surface area (Å²) in [5.41, 5.74) is -0.102. The normalized spacial score (nSPS) is 11.3. The molecule has 0 aromatic heterocycles. The van der Waals surface area contributed by atoms with Crippen LogP contribution in [0.2, 0.25) is 0 Å². The van der Waals surface area contributed by atoms with E-state index in [2.05, 4.69) is 36.6 Å². The van der Waals surface area contributed by atoms with Gasteiger partial charge in [-0.15, -0.1) is 0 Å². The van der Waals surface area contributed by atoms with Crippen molar-refractivity contribution in [2.45, 2.75) is 4.90 Å². The van der Waals surface area contributed by atoms with Gasteiger partial charge in [-0.05, 0) is 36.4 Å². The van der Waals surface area contributed by atoms with Crippen LogP contribution in [0.15, 0.2) is 56.3 Å². The molecule has 0 saturated carbocycles. The highest BCUT2D eigenvalue weighted by molar-refractivity contribution is 9.10. The fourth-order valence-corrected chi connectivity index (χ4v) is 3.43. The Balaban J connectivity index is 2.39. The average molecular weight is 409 g/mol. The van der Waals surface area contributed by atoms with Crippen LogP contribution in [0.4, 0.5) is 10.1 Å². The van der Waals surface area contributed by atoms with Gasteiger partial charge in [0, 0.05) is 8.95 Å². The van der Waals surface area contributed by atoms with E-state index in [9.17, 15) is 12.8 Å². The zero-order valence-electron chi connectivity index (χ0n) is 9.40. The van der Waals surface area contributed by atoms with Crippen LogP contribution in [-0.2, 0) is 10.0 Å². The van der Waals surface area contributed by atoms with E-state index in [1.165, 1.54) is 30.3 Å². The van der Waals surface area contributed by atoms with Crippen molar-refractivity contribution < 1.29 is 12.8 Å². The van der Waals surface area contributed by atoms with Gasteiger partial charge in [-0.2, -0.15) is 0 Å². The van der Waals surface area contributed by atoms with Crippen LogP contribution in [0, 0.1) is 5.82 Å². The third-order valence-electron chi connectivity index (χ3n) is 2.28. The highest BCUT2D eigenvalue weighted by atomic mass is 79.9. The van der Waals surface area contributed by atoms with Crippen molar-refractivity contribution in [1.29, 1.82) is 0 Å². The van der Waals surface area contributed by atoms with Crippen molar-refractivity contribution in [2.24, 2.45) is 0 Å². The monoisotopic (exact) mass is 407 g/mol. The van der Waals surface area contributed by atoms with Gasteiger partial charge in [0.15, 0.2) is 0 Å². The molecule has 2 aromatic carbocycles. The third kappa shape index (κ3) is 3.55. The molecule has 0 amide bonds. The van der Waals surface area contributed by atoms with Gasteiger partial charge in [0.05, 0.1) is 10.6 Å². The van der Waals surface area contributed by atoms with Crippen molar-refractivity contribution in [1.82, 2.24) is 0 Å². The molecular formula is C12H8Br2FNO2S. The summed E-state index contributed by atoms with van der Waals surface area (Å²) in [4.78, 5) is 0.0567. The van der Waals surface area contributed by atoms with Crippen LogP contribution in [0.3, 0.4) is 0 Å². The van der Waals surface area contributed by atoms with E-state index in [0.717, 1.165) is 0 Å². The summed E-state index contributed by atoms with van der Waals surface area (Å²) in [5.74, 6) is -0.637. The second-order valence-electron chi connectivity index (χ2n) is 3.69. The van der Waals surface area contributed by atoms with Crippen LogP contribution in [0.5, 0.6) is 0 Å². The Labute approximate surface area is 127 Å². The Morgan fingerprint density at radius 1 is 1.00 bits per heavy atom. The van der Waals surface area contributed by atoms with Crippen molar-refractivity contribution in [2.75, 3.05) is 4.72 Å². The predicted octanol–water partition coefficient (Wildman–Crippen LogP) is 4.15. The molecule has 0 aliphatic carbocycles. The molecule has 0 fully saturated rings. The number of nitrogens with one attached hydrogen (secondary N) is 1. The Morgan fingerprint density at radius 2 is 1.68 bits per heavy atom. The average Bonchev–Trinajstić information content (AvgIpc) is 2.33. The van der Waals surface area contributed by atoms with E-state index in [0.29, 0.717) is 8.95 Å². The second kappa shape index (κ2) is 5.60. The van der Waals surface area contributed by atoms with Gasteiger partial charge in [-0.25, -0.2) is 12.8 Å². The van der Waals surface area contributed by atoms with E-state index in [-0.39, 0.29) is 10.6 Å². The van der Waals surface area contributed by atoms with E-state index >= 15 is 0 Å².